The lowest BCUT2D eigenvalue weighted by molar-refractivity contribution is -0.113. The number of halogens is 1. The third kappa shape index (κ3) is 4.19. The second-order valence-electron chi connectivity index (χ2n) is 7.38. The van der Waals surface area contributed by atoms with Crippen LogP contribution in [-0.2, 0) is 11.2 Å². The molecule has 1 saturated carbocycles. The molecule has 1 aliphatic carbocycles. The number of hydrogen-bond donors (Lipinski definition) is 1. The molecule has 3 nitrogen and oxygen atoms in total. The Morgan fingerprint density at radius 1 is 1.15 bits per heavy atom. The summed E-state index contributed by atoms with van der Waals surface area (Å²) in [5, 5.41) is 3.61. The van der Waals surface area contributed by atoms with E-state index in [1.165, 1.54) is 31.2 Å². The van der Waals surface area contributed by atoms with E-state index in [0.717, 1.165) is 29.0 Å². The van der Waals surface area contributed by atoms with Gasteiger partial charge < -0.3 is 10.1 Å². The first-order valence-corrected chi connectivity index (χ1v) is 9.84. The summed E-state index contributed by atoms with van der Waals surface area (Å²) >= 11 is 6.13. The maximum Gasteiger partial charge on any atom is 0.255 e. The normalized spacial score (nSPS) is 16.4. The zero-order valence-electron chi connectivity index (χ0n) is 15.5. The van der Waals surface area contributed by atoms with Crippen molar-refractivity contribution in [1.82, 2.24) is 0 Å². The molecule has 0 bridgehead atoms. The molecular formula is C23H23ClNO2. The predicted octanol–water partition coefficient (Wildman–Crippen LogP) is 5.75. The molecule has 1 N–H and O–H groups in total. The molecule has 4 rings (SSSR count). The molecule has 0 unspecified atom stereocenters. The number of ether oxygens (including phenoxy) is 1. The Balaban J connectivity index is 1.43. The van der Waals surface area contributed by atoms with E-state index in [2.05, 4.69) is 17.4 Å². The summed E-state index contributed by atoms with van der Waals surface area (Å²) < 4.78 is 5.78. The molecule has 1 aliphatic heterocycles. The average molecular weight is 381 g/mol. The van der Waals surface area contributed by atoms with Gasteiger partial charge in [-0.3, -0.25) is 4.79 Å². The van der Waals surface area contributed by atoms with Crippen molar-refractivity contribution in [2.24, 2.45) is 0 Å². The quantitative estimate of drug-likeness (QED) is 0.732. The van der Waals surface area contributed by atoms with E-state index in [4.69, 9.17) is 16.3 Å². The fourth-order valence-electron chi connectivity index (χ4n) is 3.83. The minimum atomic E-state index is -0.142. The van der Waals surface area contributed by atoms with Gasteiger partial charge in [0.15, 0.2) is 0 Å². The first-order chi connectivity index (χ1) is 13.1. The van der Waals surface area contributed by atoms with Crippen LogP contribution in [0.5, 0.6) is 5.75 Å². The molecule has 1 radical (unpaired) electrons. The van der Waals surface area contributed by atoms with Crippen molar-refractivity contribution in [2.75, 3.05) is 11.9 Å². The lowest BCUT2D eigenvalue weighted by Crippen LogP contribution is -2.21. The fraction of sp³-hybridized carbons (Fsp3) is 0.304. The Morgan fingerprint density at radius 3 is 2.63 bits per heavy atom. The van der Waals surface area contributed by atoms with E-state index in [9.17, 15) is 4.79 Å². The highest BCUT2D eigenvalue weighted by Gasteiger charge is 2.20. The van der Waals surface area contributed by atoms with Gasteiger partial charge >= 0.3 is 0 Å². The molecule has 2 aromatic rings. The molecule has 0 saturated heterocycles. The summed E-state index contributed by atoms with van der Waals surface area (Å²) in [6, 6.07) is 11.8. The Morgan fingerprint density at radius 2 is 1.89 bits per heavy atom. The molecule has 1 heterocycles. The zero-order valence-corrected chi connectivity index (χ0v) is 16.2. The summed E-state index contributed by atoms with van der Waals surface area (Å²) in [7, 11) is 0. The van der Waals surface area contributed by atoms with Crippen LogP contribution in [0, 0.1) is 12.8 Å². The predicted molar refractivity (Wildman–Crippen MR) is 110 cm³/mol. The monoisotopic (exact) mass is 380 g/mol. The lowest BCUT2D eigenvalue weighted by Gasteiger charge is -2.20. The third-order valence-electron chi connectivity index (χ3n) is 5.24. The topological polar surface area (TPSA) is 38.3 Å². The van der Waals surface area contributed by atoms with Gasteiger partial charge in [-0.25, -0.2) is 0 Å². The lowest BCUT2D eigenvalue weighted by atomic mass is 9.98. The first kappa shape index (κ1) is 18.1. The molecule has 1 fully saturated rings. The molecule has 0 atom stereocenters. The van der Waals surface area contributed by atoms with Crippen LogP contribution >= 0.6 is 11.6 Å². The Labute approximate surface area is 165 Å². The van der Waals surface area contributed by atoms with Crippen molar-refractivity contribution in [3.05, 3.63) is 69.6 Å². The Kier molecular flexibility index (Phi) is 5.22. The molecule has 1 amide bonds. The van der Waals surface area contributed by atoms with Crippen molar-refractivity contribution >= 4 is 29.3 Å². The van der Waals surface area contributed by atoms with Crippen molar-refractivity contribution < 1.29 is 9.53 Å². The number of anilines is 1. The van der Waals surface area contributed by atoms with Crippen molar-refractivity contribution in [3.8, 4) is 5.75 Å². The molecular weight excluding hydrogens is 358 g/mol. The summed E-state index contributed by atoms with van der Waals surface area (Å²) in [6.45, 7) is 2.22. The number of rotatable bonds is 4. The fourth-order valence-corrected chi connectivity index (χ4v) is 4.11. The van der Waals surface area contributed by atoms with Crippen molar-refractivity contribution in [2.45, 2.75) is 39.0 Å². The van der Waals surface area contributed by atoms with E-state index in [1.54, 1.807) is 5.92 Å². The number of benzene rings is 2. The summed E-state index contributed by atoms with van der Waals surface area (Å²) in [6.07, 6.45) is 8.10. The average Bonchev–Trinajstić information content (AvgIpc) is 3.15. The van der Waals surface area contributed by atoms with E-state index in [-0.39, 0.29) is 12.5 Å². The van der Waals surface area contributed by atoms with Crippen LogP contribution < -0.4 is 10.1 Å². The highest BCUT2D eigenvalue weighted by atomic mass is 35.5. The summed E-state index contributed by atoms with van der Waals surface area (Å²) in [4.78, 5) is 12.6. The summed E-state index contributed by atoms with van der Waals surface area (Å²) in [5.41, 5.74) is 4.53. The number of carbonyl (C=O) groups excluding carboxylic acids is 1. The minimum Gasteiger partial charge on any atom is -0.488 e. The van der Waals surface area contributed by atoms with Gasteiger partial charge in [-0.1, -0.05) is 36.6 Å². The number of fused-ring (bicyclic) bond motifs is 1. The Hall–Kier alpha value is -2.26. The van der Waals surface area contributed by atoms with Gasteiger partial charge in [0.05, 0.1) is 5.57 Å². The molecule has 27 heavy (non-hydrogen) atoms. The van der Waals surface area contributed by atoms with Crippen LogP contribution in [-0.4, -0.2) is 12.5 Å². The van der Waals surface area contributed by atoms with E-state index in [0.29, 0.717) is 10.6 Å². The molecule has 139 valence electrons. The third-order valence-corrected chi connectivity index (χ3v) is 5.46. The summed E-state index contributed by atoms with van der Waals surface area (Å²) in [5.74, 6) is 2.30. The number of carbonyl (C=O) groups is 1. The zero-order chi connectivity index (χ0) is 18.8. The minimum absolute atomic E-state index is 0.142. The van der Waals surface area contributed by atoms with Gasteiger partial charge in [-0.15, -0.1) is 0 Å². The molecule has 0 spiro atoms. The molecule has 4 heteroatoms. The number of hydrogen-bond acceptors (Lipinski definition) is 2. The van der Waals surface area contributed by atoms with E-state index < -0.39 is 0 Å². The van der Waals surface area contributed by atoms with Gasteiger partial charge in [0.25, 0.3) is 5.91 Å². The number of nitrogens with one attached hydrogen (secondary N) is 1. The van der Waals surface area contributed by atoms with Crippen molar-refractivity contribution in [1.29, 1.82) is 0 Å². The van der Waals surface area contributed by atoms with Gasteiger partial charge in [0.2, 0.25) is 0 Å². The maximum absolute atomic E-state index is 12.6. The first-order valence-electron chi connectivity index (χ1n) is 9.46. The molecule has 0 aromatic heterocycles. The van der Waals surface area contributed by atoms with E-state index >= 15 is 0 Å². The van der Waals surface area contributed by atoms with Crippen LogP contribution in [0.25, 0.3) is 6.08 Å². The number of aryl methyl sites for hydroxylation is 1. The van der Waals surface area contributed by atoms with Gasteiger partial charge in [0, 0.05) is 16.3 Å². The van der Waals surface area contributed by atoms with Crippen LogP contribution in [0.3, 0.4) is 0 Å². The number of amides is 1. The van der Waals surface area contributed by atoms with Gasteiger partial charge in [-0.2, -0.15) is 0 Å². The standard InChI is InChI=1S/C23H23ClNO2/c1-15-10-20(24)13-18-12-19(14-27-22(15)18)23(26)25-21-8-6-17(7-9-21)11-16-4-2-3-5-16/h6-10,12-13H,2-5,11,14H2,1H3,(H,25,26). The highest BCUT2D eigenvalue weighted by Crippen LogP contribution is 2.33. The highest BCUT2D eigenvalue weighted by molar-refractivity contribution is 6.31. The Bertz CT molecular complexity index is 880. The van der Waals surface area contributed by atoms with Gasteiger partial charge in [-0.05, 0) is 73.6 Å². The van der Waals surface area contributed by atoms with E-state index in [1.807, 2.05) is 37.3 Å². The van der Waals surface area contributed by atoms with Crippen LogP contribution in [0.1, 0.15) is 42.4 Å². The van der Waals surface area contributed by atoms with Crippen LogP contribution in [0.2, 0.25) is 5.02 Å². The maximum atomic E-state index is 12.6. The van der Waals surface area contributed by atoms with Crippen LogP contribution in [0.15, 0.2) is 42.0 Å². The molecule has 2 aliphatic rings. The van der Waals surface area contributed by atoms with Crippen LogP contribution in [0.4, 0.5) is 5.69 Å². The van der Waals surface area contributed by atoms with Crippen molar-refractivity contribution in [3.63, 3.8) is 0 Å². The second kappa shape index (κ2) is 7.77. The van der Waals surface area contributed by atoms with Gasteiger partial charge in [0.1, 0.15) is 12.4 Å². The smallest absolute Gasteiger partial charge is 0.255 e. The SMILES string of the molecule is Cc1cc(Cl)cc2c1OCC(C(=O)Nc1ccc(C[C]3CCCC3)cc1)=C2. The largest absolute Gasteiger partial charge is 0.488 e. The second-order valence-corrected chi connectivity index (χ2v) is 7.82. The molecule has 2 aromatic carbocycles.